The number of hydrogen-bond acceptors (Lipinski definition) is 4. The molecule has 1 aliphatic heterocycles. The van der Waals surface area contributed by atoms with Crippen LogP contribution in [-0.4, -0.2) is 39.9 Å². The predicted octanol–water partition coefficient (Wildman–Crippen LogP) is 4.85. The van der Waals surface area contributed by atoms with E-state index in [1.54, 1.807) is 0 Å². The van der Waals surface area contributed by atoms with Gasteiger partial charge in [0.25, 0.3) is 0 Å². The molecule has 0 atom stereocenters. The highest BCUT2D eigenvalue weighted by atomic mass is 32.2. The average Bonchev–Trinajstić information content (AvgIpc) is 3.27. The van der Waals surface area contributed by atoms with Crippen LogP contribution < -0.4 is 4.74 Å². The van der Waals surface area contributed by atoms with Crippen LogP contribution in [0.5, 0.6) is 5.75 Å². The van der Waals surface area contributed by atoms with Crippen LogP contribution in [0.3, 0.4) is 0 Å². The predicted molar refractivity (Wildman–Crippen MR) is 118 cm³/mol. The van der Waals surface area contributed by atoms with Crippen molar-refractivity contribution in [3.63, 3.8) is 0 Å². The third-order valence-electron chi connectivity index (χ3n) is 5.59. The van der Waals surface area contributed by atoms with Gasteiger partial charge in [-0.05, 0) is 55.9 Å². The van der Waals surface area contributed by atoms with Crippen LogP contribution in [0.2, 0.25) is 0 Å². The number of hydrogen-bond donors (Lipinski definition) is 1. The molecule has 1 N–H and O–H groups in total. The number of aromatic nitrogens is 2. The van der Waals surface area contributed by atoms with Crippen molar-refractivity contribution >= 4 is 23.2 Å². The first-order valence-corrected chi connectivity index (χ1v) is 11.2. The minimum absolute atomic E-state index is 0.187. The largest absolute Gasteiger partial charge is 0.493 e. The van der Waals surface area contributed by atoms with Crippen molar-refractivity contribution in [3.8, 4) is 5.75 Å². The molecule has 0 spiro atoms. The van der Waals surface area contributed by atoms with Gasteiger partial charge in [-0.15, -0.1) is 11.8 Å². The zero-order chi connectivity index (χ0) is 20.2. The summed E-state index contributed by atoms with van der Waals surface area (Å²) in [6, 6.07) is 6.09. The molecule has 1 aliphatic carbocycles. The summed E-state index contributed by atoms with van der Waals surface area (Å²) in [5.74, 6) is 2.03. The maximum absolute atomic E-state index is 13.0. The minimum atomic E-state index is 0.187. The van der Waals surface area contributed by atoms with Crippen LogP contribution in [0.1, 0.15) is 42.4 Å². The van der Waals surface area contributed by atoms with E-state index in [9.17, 15) is 4.79 Å². The van der Waals surface area contributed by atoms with Gasteiger partial charge in [-0.1, -0.05) is 18.2 Å². The monoisotopic (exact) mass is 409 g/mol. The molecular formula is C23H27N3O2S. The zero-order valence-electron chi connectivity index (χ0n) is 17.0. The minimum Gasteiger partial charge on any atom is -0.493 e. The molecule has 1 amide bonds. The number of rotatable bonds is 6. The molecule has 6 heteroatoms. The fourth-order valence-electron chi connectivity index (χ4n) is 3.84. The van der Waals surface area contributed by atoms with Crippen molar-refractivity contribution in [2.75, 3.05) is 18.9 Å². The number of thioether (sulfide) groups is 1. The SMILES string of the molecule is Cc1cccc(OCCCC(=O)N2CCSC3=C(c4cn[nH]c4)CCC=C32)c1C. The summed E-state index contributed by atoms with van der Waals surface area (Å²) >= 11 is 1.85. The lowest BCUT2D eigenvalue weighted by molar-refractivity contribution is -0.129. The van der Waals surface area contributed by atoms with E-state index in [2.05, 4.69) is 36.2 Å². The number of ether oxygens (including phenoxy) is 1. The molecular weight excluding hydrogens is 382 g/mol. The molecule has 0 bridgehead atoms. The van der Waals surface area contributed by atoms with Gasteiger partial charge in [0.1, 0.15) is 5.75 Å². The number of aromatic amines is 1. The lowest BCUT2D eigenvalue weighted by Crippen LogP contribution is -2.36. The van der Waals surface area contributed by atoms with Gasteiger partial charge in [0, 0.05) is 35.4 Å². The number of fused-ring (bicyclic) bond motifs is 1. The van der Waals surface area contributed by atoms with Crippen molar-refractivity contribution in [3.05, 3.63) is 64.0 Å². The molecule has 5 nitrogen and oxygen atoms in total. The van der Waals surface area contributed by atoms with E-state index in [0.717, 1.165) is 48.6 Å². The summed E-state index contributed by atoms with van der Waals surface area (Å²) in [7, 11) is 0. The van der Waals surface area contributed by atoms with Crippen molar-refractivity contribution in [1.29, 1.82) is 0 Å². The first kappa shape index (κ1) is 19.8. The molecule has 2 aromatic rings. The van der Waals surface area contributed by atoms with Crippen LogP contribution in [0.25, 0.3) is 5.57 Å². The Bertz CT molecular complexity index is 947. The van der Waals surface area contributed by atoms with Crippen LogP contribution in [-0.2, 0) is 4.79 Å². The molecule has 1 fully saturated rings. The van der Waals surface area contributed by atoms with E-state index in [4.69, 9.17) is 4.74 Å². The number of carbonyl (C=O) groups is 1. The van der Waals surface area contributed by atoms with E-state index in [1.165, 1.54) is 21.6 Å². The van der Waals surface area contributed by atoms with Crippen molar-refractivity contribution in [1.82, 2.24) is 15.1 Å². The van der Waals surface area contributed by atoms with Crippen molar-refractivity contribution in [2.24, 2.45) is 0 Å². The van der Waals surface area contributed by atoms with Gasteiger partial charge in [0.05, 0.1) is 18.5 Å². The Labute approximate surface area is 176 Å². The second-order valence-electron chi connectivity index (χ2n) is 7.47. The molecule has 0 saturated carbocycles. The maximum Gasteiger partial charge on any atom is 0.227 e. The van der Waals surface area contributed by atoms with Gasteiger partial charge in [0.2, 0.25) is 5.91 Å². The smallest absolute Gasteiger partial charge is 0.227 e. The molecule has 2 aliphatic rings. The fourth-order valence-corrected chi connectivity index (χ4v) is 5.05. The lowest BCUT2D eigenvalue weighted by Gasteiger charge is -2.35. The number of benzene rings is 1. The number of carbonyl (C=O) groups excluding carboxylic acids is 1. The maximum atomic E-state index is 13.0. The zero-order valence-corrected chi connectivity index (χ0v) is 17.8. The Hall–Kier alpha value is -2.47. The van der Waals surface area contributed by atoms with Gasteiger partial charge in [0.15, 0.2) is 0 Å². The van der Waals surface area contributed by atoms with Gasteiger partial charge in [-0.2, -0.15) is 5.10 Å². The van der Waals surface area contributed by atoms with Crippen LogP contribution in [0.15, 0.2) is 47.3 Å². The van der Waals surface area contributed by atoms with Crippen LogP contribution in [0.4, 0.5) is 0 Å². The Morgan fingerprint density at radius 1 is 1.34 bits per heavy atom. The molecule has 1 saturated heterocycles. The van der Waals surface area contributed by atoms with E-state index in [-0.39, 0.29) is 5.91 Å². The summed E-state index contributed by atoms with van der Waals surface area (Å²) in [5, 5.41) is 7.00. The Morgan fingerprint density at radius 2 is 2.24 bits per heavy atom. The van der Waals surface area contributed by atoms with Crippen molar-refractivity contribution < 1.29 is 9.53 Å². The second kappa shape index (κ2) is 8.91. The average molecular weight is 410 g/mol. The first-order chi connectivity index (χ1) is 14.1. The Balaban J connectivity index is 1.38. The number of nitrogens with one attached hydrogen (secondary N) is 1. The fraction of sp³-hybridized carbons (Fsp3) is 0.391. The highest BCUT2D eigenvalue weighted by Gasteiger charge is 2.29. The highest BCUT2D eigenvalue weighted by molar-refractivity contribution is 8.03. The number of amides is 1. The quantitative estimate of drug-likeness (QED) is 0.693. The molecule has 2 heterocycles. The molecule has 1 aromatic heterocycles. The van der Waals surface area contributed by atoms with Crippen LogP contribution in [0, 0.1) is 13.8 Å². The third-order valence-corrected chi connectivity index (χ3v) is 6.72. The van der Waals surface area contributed by atoms with Gasteiger partial charge >= 0.3 is 0 Å². The normalized spacial score (nSPS) is 16.5. The number of nitrogens with zero attached hydrogens (tertiary/aromatic N) is 2. The number of H-pyrrole nitrogens is 1. The van der Waals surface area contributed by atoms with Gasteiger partial charge in [-0.25, -0.2) is 0 Å². The summed E-state index contributed by atoms with van der Waals surface area (Å²) in [6.45, 7) is 5.49. The lowest BCUT2D eigenvalue weighted by atomic mass is 9.97. The molecule has 0 unspecified atom stereocenters. The second-order valence-corrected chi connectivity index (χ2v) is 8.57. The van der Waals surface area contributed by atoms with Crippen molar-refractivity contribution in [2.45, 2.75) is 39.5 Å². The van der Waals surface area contributed by atoms with E-state index < -0.39 is 0 Å². The summed E-state index contributed by atoms with van der Waals surface area (Å²) in [4.78, 5) is 16.2. The van der Waals surface area contributed by atoms with Gasteiger partial charge in [-0.3, -0.25) is 9.89 Å². The van der Waals surface area contributed by atoms with E-state index in [0.29, 0.717) is 13.0 Å². The van der Waals surface area contributed by atoms with Gasteiger partial charge < -0.3 is 9.64 Å². The standard InChI is InChI=1S/C23H27N3O2S/c1-16-6-3-9-21(17(16)2)28-12-5-10-22(27)26-11-13-29-23-19(7-4-8-20(23)26)18-14-24-25-15-18/h3,6,8-9,14-15H,4-5,7,10-13H2,1-2H3,(H,24,25). The summed E-state index contributed by atoms with van der Waals surface area (Å²) in [6.07, 6.45) is 9.21. The Morgan fingerprint density at radius 3 is 3.07 bits per heavy atom. The molecule has 4 rings (SSSR count). The topological polar surface area (TPSA) is 58.2 Å². The van der Waals surface area contributed by atoms with Crippen LogP contribution >= 0.6 is 11.8 Å². The van der Waals surface area contributed by atoms with E-state index >= 15 is 0 Å². The molecule has 1 aromatic carbocycles. The Kier molecular flexibility index (Phi) is 6.09. The summed E-state index contributed by atoms with van der Waals surface area (Å²) < 4.78 is 5.92. The third kappa shape index (κ3) is 4.27. The highest BCUT2D eigenvalue weighted by Crippen LogP contribution is 2.43. The first-order valence-electron chi connectivity index (χ1n) is 10.2. The molecule has 0 radical (unpaired) electrons. The number of aryl methyl sites for hydroxylation is 1. The van der Waals surface area contributed by atoms with E-state index in [1.807, 2.05) is 41.2 Å². The number of allylic oxidation sites excluding steroid dienone is 2. The molecule has 152 valence electrons. The molecule has 29 heavy (non-hydrogen) atoms. The summed E-state index contributed by atoms with van der Waals surface area (Å²) in [5.41, 5.74) is 5.91.